The number of para-hydroxylation sites is 2. The van der Waals surface area contributed by atoms with E-state index in [1.165, 1.54) is 16.7 Å². The van der Waals surface area contributed by atoms with Gasteiger partial charge in [-0.25, -0.2) is 4.98 Å². The highest BCUT2D eigenvalue weighted by molar-refractivity contribution is 5.75. The minimum Gasteiger partial charge on any atom is -0.497 e. The molecule has 1 fully saturated rings. The van der Waals surface area contributed by atoms with Gasteiger partial charge >= 0.3 is 0 Å². The second-order valence-corrected chi connectivity index (χ2v) is 8.67. The Bertz CT molecular complexity index is 1140. The molecule has 3 aromatic carbocycles. The maximum absolute atomic E-state index is 5.32. The number of aromatic nitrogens is 2. The van der Waals surface area contributed by atoms with Crippen molar-refractivity contribution in [1.29, 1.82) is 0 Å². The van der Waals surface area contributed by atoms with Crippen LogP contribution in [0.1, 0.15) is 30.3 Å². The highest BCUT2D eigenvalue weighted by Gasteiger charge is 2.24. The van der Waals surface area contributed by atoms with Crippen molar-refractivity contribution in [3.63, 3.8) is 0 Å². The molecule has 0 bridgehead atoms. The summed E-state index contributed by atoms with van der Waals surface area (Å²) in [6, 6.07) is 25.7. The van der Waals surface area contributed by atoms with E-state index >= 15 is 0 Å². The summed E-state index contributed by atoms with van der Waals surface area (Å²) in [5, 5.41) is 3.93. The van der Waals surface area contributed by atoms with E-state index in [0.29, 0.717) is 6.04 Å². The SMILES string of the molecule is COc1ccc(-c2cccc(C(NC3CCN(C)CC3)c3nc4ccccc4[nH]3)c2)cc1. The normalized spacial score (nSPS) is 16.3. The number of hydrogen-bond donors (Lipinski definition) is 2. The van der Waals surface area contributed by atoms with Crippen molar-refractivity contribution in [3.05, 3.63) is 84.2 Å². The maximum Gasteiger partial charge on any atom is 0.129 e. The molecule has 1 aliphatic rings. The minimum absolute atomic E-state index is 0.00834. The van der Waals surface area contributed by atoms with Crippen LogP contribution in [-0.4, -0.2) is 48.2 Å². The molecule has 0 saturated carbocycles. The summed E-state index contributed by atoms with van der Waals surface area (Å²) in [5.41, 5.74) is 5.66. The standard InChI is InChI=1S/C27H30N4O/c1-31-16-14-22(15-17-31)28-26(27-29-24-8-3-4-9-25(24)30-27)21-7-5-6-20(18-21)19-10-12-23(32-2)13-11-19/h3-13,18,22,26,28H,14-17H2,1-2H3,(H,29,30). The summed E-state index contributed by atoms with van der Waals surface area (Å²) >= 11 is 0. The molecule has 32 heavy (non-hydrogen) atoms. The Hall–Kier alpha value is -3.15. The molecule has 0 amide bonds. The molecule has 1 unspecified atom stereocenters. The molecule has 164 valence electrons. The first kappa shape index (κ1) is 20.7. The number of ether oxygens (including phenoxy) is 1. The number of aromatic amines is 1. The van der Waals surface area contributed by atoms with Gasteiger partial charge in [0.15, 0.2) is 0 Å². The smallest absolute Gasteiger partial charge is 0.129 e. The molecule has 1 saturated heterocycles. The summed E-state index contributed by atoms with van der Waals surface area (Å²) in [5.74, 6) is 1.84. The van der Waals surface area contributed by atoms with Gasteiger partial charge in [0, 0.05) is 6.04 Å². The van der Waals surface area contributed by atoms with Gasteiger partial charge in [0.2, 0.25) is 0 Å². The van der Waals surface area contributed by atoms with Crippen LogP contribution >= 0.6 is 0 Å². The first-order valence-corrected chi connectivity index (χ1v) is 11.3. The van der Waals surface area contributed by atoms with Crippen molar-refractivity contribution in [2.45, 2.75) is 24.9 Å². The largest absolute Gasteiger partial charge is 0.497 e. The van der Waals surface area contributed by atoms with Crippen LogP contribution in [0.2, 0.25) is 0 Å². The van der Waals surface area contributed by atoms with E-state index < -0.39 is 0 Å². The first-order valence-electron chi connectivity index (χ1n) is 11.3. The zero-order chi connectivity index (χ0) is 21.9. The quantitative estimate of drug-likeness (QED) is 0.455. The number of likely N-dealkylation sites (tertiary alicyclic amines) is 1. The van der Waals surface area contributed by atoms with Crippen LogP contribution in [0.5, 0.6) is 5.75 Å². The Morgan fingerprint density at radius 3 is 2.50 bits per heavy atom. The lowest BCUT2D eigenvalue weighted by atomic mass is 9.97. The van der Waals surface area contributed by atoms with Crippen LogP contribution in [0.3, 0.4) is 0 Å². The van der Waals surface area contributed by atoms with Crippen LogP contribution in [0.15, 0.2) is 72.8 Å². The second-order valence-electron chi connectivity index (χ2n) is 8.67. The molecule has 0 radical (unpaired) electrons. The molecular formula is C27H30N4O. The van der Waals surface area contributed by atoms with Gasteiger partial charge < -0.3 is 19.9 Å². The number of hydrogen-bond acceptors (Lipinski definition) is 4. The van der Waals surface area contributed by atoms with E-state index in [4.69, 9.17) is 9.72 Å². The maximum atomic E-state index is 5.32. The Labute approximate surface area is 189 Å². The summed E-state index contributed by atoms with van der Waals surface area (Å²) in [4.78, 5) is 10.9. The van der Waals surface area contributed by atoms with Gasteiger partial charge in [-0.15, -0.1) is 0 Å². The summed E-state index contributed by atoms with van der Waals surface area (Å²) < 4.78 is 5.32. The Kier molecular flexibility index (Phi) is 5.93. The molecule has 1 atom stereocenters. The first-order chi connectivity index (χ1) is 15.7. The van der Waals surface area contributed by atoms with Crippen LogP contribution < -0.4 is 10.1 Å². The van der Waals surface area contributed by atoms with Crippen LogP contribution in [0.4, 0.5) is 0 Å². The third-order valence-corrected chi connectivity index (χ3v) is 6.45. The van der Waals surface area contributed by atoms with Crippen molar-refractivity contribution >= 4 is 11.0 Å². The van der Waals surface area contributed by atoms with Gasteiger partial charge in [0.1, 0.15) is 11.6 Å². The van der Waals surface area contributed by atoms with Crippen molar-refractivity contribution in [2.24, 2.45) is 0 Å². The molecule has 4 aromatic rings. The van der Waals surface area contributed by atoms with Crippen molar-refractivity contribution < 1.29 is 4.74 Å². The highest BCUT2D eigenvalue weighted by Crippen LogP contribution is 2.29. The fraction of sp³-hybridized carbons (Fsp3) is 0.296. The number of rotatable bonds is 6. The Morgan fingerprint density at radius 1 is 0.969 bits per heavy atom. The zero-order valence-corrected chi connectivity index (χ0v) is 18.7. The molecule has 1 aromatic heterocycles. The van der Waals surface area contributed by atoms with Crippen LogP contribution in [0, 0.1) is 0 Å². The third kappa shape index (κ3) is 4.40. The van der Waals surface area contributed by atoms with Gasteiger partial charge in [0.05, 0.1) is 24.2 Å². The molecule has 0 spiro atoms. The Morgan fingerprint density at radius 2 is 1.75 bits per heavy atom. The lowest BCUT2D eigenvalue weighted by Crippen LogP contribution is -2.42. The molecule has 5 nitrogen and oxygen atoms in total. The monoisotopic (exact) mass is 426 g/mol. The Balaban J connectivity index is 1.50. The van der Waals surface area contributed by atoms with Gasteiger partial charge in [-0.2, -0.15) is 0 Å². The fourth-order valence-electron chi connectivity index (χ4n) is 4.53. The van der Waals surface area contributed by atoms with Gasteiger partial charge in [0.25, 0.3) is 0 Å². The van der Waals surface area contributed by atoms with Crippen molar-refractivity contribution in [2.75, 3.05) is 27.2 Å². The second kappa shape index (κ2) is 9.15. The minimum atomic E-state index is 0.00834. The van der Waals surface area contributed by atoms with E-state index in [-0.39, 0.29) is 6.04 Å². The summed E-state index contributed by atoms with van der Waals surface area (Å²) in [6.07, 6.45) is 2.29. The van der Waals surface area contributed by atoms with Gasteiger partial charge in [-0.1, -0.05) is 42.5 Å². The number of imidazole rings is 1. The van der Waals surface area contributed by atoms with Crippen molar-refractivity contribution in [3.8, 4) is 16.9 Å². The molecule has 5 rings (SSSR count). The average molecular weight is 427 g/mol. The van der Waals surface area contributed by atoms with E-state index in [1.807, 2.05) is 24.3 Å². The number of nitrogens with one attached hydrogen (secondary N) is 2. The molecule has 2 N–H and O–H groups in total. The molecular weight excluding hydrogens is 396 g/mol. The van der Waals surface area contributed by atoms with E-state index in [0.717, 1.165) is 48.5 Å². The van der Waals surface area contributed by atoms with Gasteiger partial charge in [-0.3, -0.25) is 0 Å². The number of methoxy groups -OCH3 is 1. The fourth-order valence-corrected chi connectivity index (χ4v) is 4.53. The van der Waals surface area contributed by atoms with E-state index in [1.54, 1.807) is 7.11 Å². The number of nitrogens with zero attached hydrogens (tertiary/aromatic N) is 2. The number of piperidine rings is 1. The number of H-pyrrole nitrogens is 1. The third-order valence-electron chi connectivity index (χ3n) is 6.45. The predicted octanol–water partition coefficient (Wildman–Crippen LogP) is 5.01. The van der Waals surface area contributed by atoms with Crippen LogP contribution in [-0.2, 0) is 0 Å². The molecule has 5 heteroatoms. The molecule has 1 aliphatic heterocycles. The lowest BCUT2D eigenvalue weighted by Gasteiger charge is -2.32. The molecule has 2 heterocycles. The number of benzene rings is 3. The van der Waals surface area contributed by atoms with Crippen LogP contribution in [0.25, 0.3) is 22.2 Å². The summed E-state index contributed by atoms with van der Waals surface area (Å²) in [6.45, 7) is 2.24. The van der Waals surface area contributed by atoms with Gasteiger partial charge in [-0.05, 0) is 80.0 Å². The van der Waals surface area contributed by atoms with E-state index in [9.17, 15) is 0 Å². The highest BCUT2D eigenvalue weighted by atomic mass is 16.5. The number of fused-ring (bicyclic) bond motifs is 1. The average Bonchev–Trinajstić information content (AvgIpc) is 3.28. The lowest BCUT2D eigenvalue weighted by molar-refractivity contribution is 0.228. The topological polar surface area (TPSA) is 53.2 Å². The zero-order valence-electron chi connectivity index (χ0n) is 18.7. The van der Waals surface area contributed by atoms with E-state index in [2.05, 4.69) is 70.8 Å². The summed E-state index contributed by atoms with van der Waals surface area (Å²) in [7, 11) is 3.90. The predicted molar refractivity (Wildman–Crippen MR) is 130 cm³/mol. The van der Waals surface area contributed by atoms with Crippen molar-refractivity contribution in [1.82, 2.24) is 20.2 Å². The molecule has 0 aliphatic carbocycles.